The molecule has 4 nitrogen and oxygen atoms in total. The second kappa shape index (κ2) is 8.97. The van der Waals surface area contributed by atoms with Gasteiger partial charge < -0.3 is 15.0 Å². The highest BCUT2D eigenvalue weighted by atomic mass is 35.5. The second-order valence-corrected chi connectivity index (χ2v) is 7.55. The predicted molar refractivity (Wildman–Crippen MR) is 107 cm³/mol. The minimum atomic E-state index is -0.656. The van der Waals surface area contributed by atoms with Gasteiger partial charge in [-0.3, -0.25) is 4.79 Å². The van der Waals surface area contributed by atoms with Gasteiger partial charge in [0.15, 0.2) is 11.6 Å². The Morgan fingerprint density at radius 1 is 1.14 bits per heavy atom. The fourth-order valence-corrected chi connectivity index (χ4v) is 3.67. The summed E-state index contributed by atoms with van der Waals surface area (Å²) >= 11 is 11.7. The molecule has 0 bridgehead atoms. The molecule has 1 aliphatic rings. The van der Waals surface area contributed by atoms with Gasteiger partial charge in [-0.2, -0.15) is 0 Å². The molecule has 0 radical (unpaired) electrons. The standard InChI is InChI=1S/C20H20Cl2F2N2O2/c1-25-20(27)15-8-13(21)2-3-18(15)28-11-12-4-6-26(7-5-12)19-16(23)9-14(22)10-17(19)24/h2-3,8-10,12H,4-7,11H2,1H3,(H,25,27). The Morgan fingerprint density at radius 3 is 2.39 bits per heavy atom. The molecule has 1 fully saturated rings. The van der Waals surface area contributed by atoms with Gasteiger partial charge in [0.25, 0.3) is 5.91 Å². The van der Waals surface area contributed by atoms with Crippen molar-refractivity contribution in [1.29, 1.82) is 0 Å². The molecule has 3 rings (SSSR count). The fraction of sp³-hybridized carbons (Fsp3) is 0.350. The van der Waals surface area contributed by atoms with E-state index in [2.05, 4.69) is 5.32 Å². The molecule has 1 aliphatic heterocycles. The molecule has 0 aromatic heterocycles. The van der Waals surface area contributed by atoms with Crippen molar-refractivity contribution >= 4 is 34.8 Å². The SMILES string of the molecule is CNC(=O)c1cc(Cl)ccc1OCC1CCN(c2c(F)cc(Cl)cc2F)CC1. The molecule has 150 valence electrons. The zero-order valence-electron chi connectivity index (χ0n) is 15.3. The monoisotopic (exact) mass is 428 g/mol. The molecular formula is C20H20Cl2F2N2O2. The fourth-order valence-electron chi connectivity index (χ4n) is 3.31. The number of benzene rings is 2. The van der Waals surface area contributed by atoms with Crippen LogP contribution < -0.4 is 15.0 Å². The van der Waals surface area contributed by atoms with E-state index in [0.29, 0.717) is 48.9 Å². The molecule has 2 aromatic carbocycles. The van der Waals surface area contributed by atoms with Crippen LogP contribution in [0.5, 0.6) is 5.75 Å². The van der Waals surface area contributed by atoms with Gasteiger partial charge in [-0.1, -0.05) is 23.2 Å². The lowest BCUT2D eigenvalue weighted by Gasteiger charge is -2.34. The van der Waals surface area contributed by atoms with E-state index in [-0.39, 0.29) is 22.5 Å². The number of hydrogen-bond acceptors (Lipinski definition) is 3. The van der Waals surface area contributed by atoms with Gasteiger partial charge in [0.1, 0.15) is 11.4 Å². The molecule has 28 heavy (non-hydrogen) atoms. The van der Waals surface area contributed by atoms with Crippen molar-refractivity contribution in [1.82, 2.24) is 5.32 Å². The quantitative estimate of drug-likeness (QED) is 0.733. The lowest BCUT2D eigenvalue weighted by atomic mass is 9.97. The second-order valence-electron chi connectivity index (χ2n) is 6.68. The number of anilines is 1. The van der Waals surface area contributed by atoms with Gasteiger partial charge >= 0.3 is 0 Å². The maximum Gasteiger partial charge on any atom is 0.254 e. The Kier molecular flexibility index (Phi) is 6.62. The Hall–Kier alpha value is -2.05. The van der Waals surface area contributed by atoms with Gasteiger partial charge in [-0.05, 0) is 49.1 Å². The van der Waals surface area contributed by atoms with E-state index in [0.717, 1.165) is 12.1 Å². The van der Waals surface area contributed by atoms with Crippen LogP contribution in [0.15, 0.2) is 30.3 Å². The lowest BCUT2D eigenvalue weighted by Crippen LogP contribution is -2.36. The molecule has 2 aromatic rings. The highest BCUT2D eigenvalue weighted by molar-refractivity contribution is 6.31. The molecule has 1 saturated heterocycles. The maximum atomic E-state index is 14.1. The third kappa shape index (κ3) is 4.67. The molecule has 0 aliphatic carbocycles. The minimum Gasteiger partial charge on any atom is -0.492 e. The highest BCUT2D eigenvalue weighted by Crippen LogP contribution is 2.31. The van der Waals surface area contributed by atoms with Crippen LogP contribution in [-0.4, -0.2) is 32.7 Å². The van der Waals surface area contributed by atoms with Crippen LogP contribution >= 0.6 is 23.2 Å². The Bertz CT molecular complexity index is 848. The molecule has 0 saturated carbocycles. The van der Waals surface area contributed by atoms with Gasteiger partial charge in [0.2, 0.25) is 0 Å². The van der Waals surface area contributed by atoms with E-state index in [1.54, 1.807) is 23.1 Å². The minimum absolute atomic E-state index is 0.0385. The van der Waals surface area contributed by atoms with Crippen molar-refractivity contribution < 1.29 is 18.3 Å². The van der Waals surface area contributed by atoms with Crippen LogP contribution in [0.1, 0.15) is 23.2 Å². The molecule has 0 atom stereocenters. The summed E-state index contributed by atoms with van der Waals surface area (Å²) in [5, 5.41) is 3.05. The van der Waals surface area contributed by atoms with E-state index in [9.17, 15) is 13.6 Å². The summed E-state index contributed by atoms with van der Waals surface area (Å²) in [6.07, 6.45) is 1.43. The number of carbonyl (C=O) groups is 1. The number of amides is 1. The number of ether oxygens (including phenoxy) is 1. The normalized spacial score (nSPS) is 14.8. The molecule has 0 unspecified atom stereocenters. The van der Waals surface area contributed by atoms with Crippen molar-refractivity contribution in [2.24, 2.45) is 5.92 Å². The summed E-state index contributed by atoms with van der Waals surface area (Å²) in [6.45, 7) is 1.42. The van der Waals surface area contributed by atoms with Crippen molar-refractivity contribution in [3.05, 3.63) is 57.6 Å². The number of nitrogens with one attached hydrogen (secondary N) is 1. The predicted octanol–water partition coefficient (Wildman–Crippen LogP) is 4.93. The topological polar surface area (TPSA) is 41.6 Å². The van der Waals surface area contributed by atoms with E-state index >= 15 is 0 Å². The number of nitrogens with zero attached hydrogens (tertiary/aromatic N) is 1. The van der Waals surface area contributed by atoms with Gasteiger partial charge in [-0.25, -0.2) is 8.78 Å². The third-order valence-electron chi connectivity index (χ3n) is 4.80. The summed E-state index contributed by atoms with van der Waals surface area (Å²) in [7, 11) is 1.54. The zero-order valence-corrected chi connectivity index (χ0v) is 16.8. The number of rotatable bonds is 5. The van der Waals surface area contributed by atoms with Gasteiger partial charge in [0, 0.05) is 30.2 Å². The lowest BCUT2D eigenvalue weighted by molar-refractivity contribution is 0.0957. The Balaban J connectivity index is 1.61. The molecule has 8 heteroatoms. The third-order valence-corrected chi connectivity index (χ3v) is 5.25. The van der Waals surface area contributed by atoms with Crippen molar-refractivity contribution in [2.45, 2.75) is 12.8 Å². The van der Waals surface area contributed by atoms with Gasteiger partial charge in [0.05, 0.1) is 12.2 Å². The number of hydrogen-bond donors (Lipinski definition) is 1. The first-order valence-electron chi connectivity index (χ1n) is 8.93. The average molecular weight is 429 g/mol. The van der Waals surface area contributed by atoms with Crippen LogP contribution in [0.4, 0.5) is 14.5 Å². The molecule has 0 spiro atoms. The summed E-state index contributed by atoms with van der Waals surface area (Å²) in [5.74, 6) is -0.919. The van der Waals surface area contributed by atoms with Crippen molar-refractivity contribution in [3.8, 4) is 5.75 Å². The van der Waals surface area contributed by atoms with Crippen molar-refractivity contribution in [2.75, 3.05) is 31.6 Å². The van der Waals surface area contributed by atoms with Gasteiger partial charge in [-0.15, -0.1) is 0 Å². The first kappa shape index (κ1) is 20.7. The first-order chi connectivity index (χ1) is 13.4. The van der Waals surface area contributed by atoms with E-state index in [4.69, 9.17) is 27.9 Å². The number of carbonyl (C=O) groups excluding carboxylic acids is 1. The summed E-state index contributed by atoms with van der Waals surface area (Å²) < 4.78 is 34.1. The number of piperidine rings is 1. The Morgan fingerprint density at radius 2 is 1.79 bits per heavy atom. The molecule has 1 N–H and O–H groups in total. The molecule has 1 amide bonds. The largest absolute Gasteiger partial charge is 0.492 e. The van der Waals surface area contributed by atoms with Crippen LogP contribution in [0, 0.1) is 17.6 Å². The van der Waals surface area contributed by atoms with Crippen molar-refractivity contribution in [3.63, 3.8) is 0 Å². The maximum absolute atomic E-state index is 14.1. The van der Waals surface area contributed by atoms with Crippen LogP contribution in [0.3, 0.4) is 0 Å². The molecule has 1 heterocycles. The van der Waals surface area contributed by atoms with E-state index in [1.807, 2.05) is 0 Å². The van der Waals surface area contributed by atoms with E-state index < -0.39 is 11.6 Å². The van der Waals surface area contributed by atoms with Crippen LogP contribution in [0.25, 0.3) is 0 Å². The summed E-state index contributed by atoms with van der Waals surface area (Å²) in [6, 6.07) is 7.13. The summed E-state index contributed by atoms with van der Waals surface area (Å²) in [5.41, 5.74) is 0.334. The average Bonchev–Trinajstić information content (AvgIpc) is 2.66. The highest BCUT2D eigenvalue weighted by Gasteiger charge is 2.25. The van der Waals surface area contributed by atoms with Crippen LogP contribution in [0.2, 0.25) is 10.0 Å². The van der Waals surface area contributed by atoms with Crippen LogP contribution in [-0.2, 0) is 0 Å². The Labute approximate surface area is 172 Å². The van der Waals surface area contributed by atoms with E-state index in [1.165, 1.54) is 7.05 Å². The zero-order chi connectivity index (χ0) is 20.3. The smallest absolute Gasteiger partial charge is 0.254 e. The molecular weight excluding hydrogens is 409 g/mol. The first-order valence-corrected chi connectivity index (χ1v) is 9.68. The number of halogens is 4. The summed E-state index contributed by atoms with van der Waals surface area (Å²) in [4.78, 5) is 13.7.